The Balaban J connectivity index is 1.98. The van der Waals surface area contributed by atoms with Crippen molar-refractivity contribution in [2.24, 2.45) is 0 Å². The summed E-state index contributed by atoms with van der Waals surface area (Å²) >= 11 is 0. The van der Waals surface area contributed by atoms with Gasteiger partial charge in [-0.15, -0.1) is 0 Å². The first-order valence-electron chi connectivity index (χ1n) is 9.11. The van der Waals surface area contributed by atoms with Crippen LogP contribution in [-0.2, 0) is 4.79 Å². The molecule has 0 saturated carbocycles. The molecule has 1 aromatic rings. The Labute approximate surface area is 143 Å². The first-order chi connectivity index (χ1) is 11.6. The summed E-state index contributed by atoms with van der Waals surface area (Å²) in [6, 6.07) is 0.569. The van der Waals surface area contributed by atoms with Crippen LogP contribution in [0.1, 0.15) is 84.0 Å². The van der Waals surface area contributed by atoms with Gasteiger partial charge < -0.3 is 0 Å². The number of unbranched alkanes of at least 4 members (excludes halogenated alkanes) is 10. The molecule has 1 rings (SSSR count). The van der Waals surface area contributed by atoms with Crippen LogP contribution in [0.3, 0.4) is 0 Å². The Hall–Kier alpha value is -1.59. The monoisotopic (exact) mass is 341 g/mol. The number of hydrogen-bond acceptors (Lipinski definition) is 3. The third-order valence-electron chi connectivity index (χ3n) is 3.92. The lowest BCUT2D eigenvalue weighted by Gasteiger charge is -2.04. The molecule has 1 aromatic heterocycles. The van der Waals surface area contributed by atoms with E-state index in [-0.39, 0.29) is 11.9 Å². The van der Waals surface area contributed by atoms with Crippen molar-refractivity contribution in [3.8, 4) is 0 Å². The van der Waals surface area contributed by atoms with Gasteiger partial charge in [0.2, 0.25) is 23.8 Å². The number of carbonyl (C=O) groups excluding carboxylic acids is 1. The number of rotatable bonds is 13. The standard InChI is InChI=1S/C18H29F2N3O/c1-2-3-4-5-6-7-8-9-10-11-12-13-17(24)23-18-21-15(19)14-16(20)22-18/h14H,2-13H2,1H3,(H,21,22,23,24). The SMILES string of the molecule is CCCCCCCCCCCCCC(=O)Nc1nc(F)cc(F)n1. The lowest BCUT2D eigenvalue weighted by atomic mass is 10.1. The summed E-state index contributed by atoms with van der Waals surface area (Å²) in [7, 11) is 0. The van der Waals surface area contributed by atoms with Gasteiger partial charge in [0.15, 0.2) is 0 Å². The van der Waals surface area contributed by atoms with E-state index in [2.05, 4.69) is 22.2 Å². The van der Waals surface area contributed by atoms with E-state index in [1.807, 2.05) is 0 Å². The predicted octanol–water partition coefficient (Wildman–Crippen LogP) is 5.39. The van der Waals surface area contributed by atoms with Gasteiger partial charge in [0.25, 0.3) is 0 Å². The minimum Gasteiger partial charge on any atom is -0.294 e. The largest absolute Gasteiger partial charge is 0.294 e. The number of halogens is 2. The van der Waals surface area contributed by atoms with Gasteiger partial charge in [-0.2, -0.15) is 18.7 Å². The first kappa shape index (κ1) is 20.5. The molecule has 0 unspecified atom stereocenters. The van der Waals surface area contributed by atoms with E-state index in [4.69, 9.17) is 0 Å². The molecule has 0 aromatic carbocycles. The van der Waals surface area contributed by atoms with E-state index in [1.165, 1.54) is 51.4 Å². The van der Waals surface area contributed by atoms with Crippen molar-refractivity contribution in [1.29, 1.82) is 0 Å². The number of nitrogens with zero attached hydrogens (tertiary/aromatic N) is 2. The second kappa shape index (κ2) is 12.8. The maximum absolute atomic E-state index is 12.9. The number of aromatic nitrogens is 2. The van der Waals surface area contributed by atoms with Gasteiger partial charge in [-0.3, -0.25) is 10.1 Å². The maximum atomic E-state index is 12.9. The van der Waals surface area contributed by atoms with Crippen LogP contribution in [0.25, 0.3) is 0 Å². The number of amides is 1. The van der Waals surface area contributed by atoms with Crippen LogP contribution in [0.2, 0.25) is 0 Å². The van der Waals surface area contributed by atoms with Gasteiger partial charge >= 0.3 is 0 Å². The highest BCUT2D eigenvalue weighted by atomic mass is 19.1. The molecule has 0 bridgehead atoms. The fourth-order valence-electron chi connectivity index (χ4n) is 2.58. The van der Waals surface area contributed by atoms with Crippen molar-refractivity contribution >= 4 is 11.9 Å². The predicted molar refractivity (Wildman–Crippen MR) is 91.7 cm³/mol. The van der Waals surface area contributed by atoms with Crippen LogP contribution >= 0.6 is 0 Å². The van der Waals surface area contributed by atoms with Crippen LogP contribution in [0, 0.1) is 11.9 Å². The zero-order valence-electron chi connectivity index (χ0n) is 14.6. The molecule has 0 radical (unpaired) electrons. The molecule has 0 saturated heterocycles. The van der Waals surface area contributed by atoms with Crippen LogP contribution in [0.15, 0.2) is 6.07 Å². The lowest BCUT2D eigenvalue weighted by Crippen LogP contribution is -2.14. The Kier molecular flexibility index (Phi) is 10.9. The van der Waals surface area contributed by atoms with Gasteiger partial charge in [0, 0.05) is 12.5 Å². The molecule has 1 heterocycles. The molecule has 1 N–H and O–H groups in total. The van der Waals surface area contributed by atoms with Gasteiger partial charge in [0.05, 0.1) is 0 Å². The van der Waals surface area contributed by atoms with Crippen LogP contribution in [-0.4, -0.2) is 15.9 Å². The van der Waals surface area contributed by atoms with Crippen molar-refractivity contribution in [3.63, 3.8) is 0 Å². The molecule has 0 atom stereocenters. The first-order valence-corrected chi connectivity index (χ1v) is 9.11. The Morgan fingerprint density at radius 2 is 1.33 bits per heavy atom. The van der Waals surface area contributed by atoms with Gasteiger partial charge in [-0.05, 0) is 6.42 Å². The molecule has 0 aliphatic carbocycles. The molecule has 136 valence electrons. The smallest absolute Gasteiger partial charge is 0.234 e. The molecule has 1 amide bonds. The highest BCUT2D eigenvalue weighted by Crippen LogP contribution is 2.12. The van der Waals surface area contributed by atoms with E-state index in [9.17, 15) is 13.6 Å². The average Bonchev–Trinajstić information content (AvgIpc) is 2.51. The second-order valence-corrected chi connectivity index (χ2v) is 6.17. The van der Waals surface area contributed by atoms with Crippen LogP contribution in [0.4, 0.5) is 14.7 Å². The average molecular weight is 341 g/mol. The minimum absolute atomic E-state index is 0.309. The molecule has 24 heavy (non-hydrogen) atoms. The fraction of sp³-hybridized carbons (Fsp3) is 0.722. The molecular weight excluding hydrogens is 312 g/mol. The molecule has 0 aliphatic heterocycles. The third-order valence-corrected chi connectivity index (χ3v) is 3.92. The van der Waals surface area contributed by atoms with Crippen molar-refractivity contribution in [2.75, 3.05) is 5.32 Å². The van der Waals surface area contributed by atoms with Crippen molar-refractivity contribution in [2.45, 2.75) is 84.0 Å². The molecule has 4 nitrogen and oxygen atoms in total. The van der Waals surface area contributed by atoms with E-state index >= 15 is 0 Å². The summed E-state index contributed by atoms with van der Waals surface area (Å²) in [5, 5.41) is 2.32. The lowest BCUT2D eigenvalue weighted by molar-refractivity contribution is -0.116. The quantitative estimate of drug-likeness (QED) is 0.386. The minimum atomic E-state index is -0.993. The van der Waals surface area contributed by atoms with E-state index in [0.29, 0.717) is 12.5 Å². The summed E-state index contributed by atoms with van der Waals surface area (Å²) in [4.78, 5) is 18.3. The fourth-order valence-corrected chi connectivity index (χ4v) is 2.58. The molecular formula is C18H29F2N3O. The van der Waals surface area contributed by atoms with Crippen molar-refractivity contribution in [3.05, 3.63) is 18.0 Å². The Morgan fingerprint density at radius 1 is 0.875 bits per heavy atom. The van der Waals surface area contributed by atoms with E-state index in [0.717, 1.165) is 19.3 Å². The zero-order chi connectivity index (χ0) is 17.6. The topological polar surface area (TPSA) is 54.9 Å². The van der Waals surface area contributed by atoms with Crippen LogP contribution in [0.5, 0.6) is 0 Å². The van der Waals surface area contributed by atoms with Crippen molar-refractivity contribution < 1.29 is 13.6 Å². The number of carbonyl (C=O) groups is 1. The summed E-state index contributed by atoms with van der Waals surface area (Å²) in [6.45, 7) is 2.23. The molecule has 0 fully saturated rings. The summed E-state index contributed by atoms with van der Waals surface area (Å²) < 4.78 is 25.8. The molecule has 6 heteroatoms. The number of hydrogen-bond donors (Lipinski definition) is 1. The van der Waals surface area contributed by atoms with Gasteiger partial charge in [-0.25, -0.2) is 0 Å². The maximum Gasteiger partial charge on any atom is 0.234 e. The summed E-state index contributed by atoms with van der Waals surface area (Å²) in [5.74, 6) is -2.61. The molecule has 0 spiro atoms. The van der Waals surface area contributed by atoms with Crippen LogP contribution < -0.4 is 5.32 Å². The Morgan fingerprint density at radius 3 is 1.83 bits per heavy atom. The van der Waals surface area contributed by atoms with Gasteiger partial charge in [0.1, 0.15) is 0 Å². The van der Waals surface area contributed by atoms with Crippen molar-refractivity contribution in [1.82, 2.24) is 9.97 Å². The number of nitrogens with one attached hydrogen (secondary N) is 1. The normalized spacial score (nSPS) is 10.8. The number of anilines is 1. The second-order valence-electron chi connectivity index (χ2n) is 6.17. The Bertz CT molecular complexity index is 463. The summed E-state index contributed by atoms with van der Waals surface area (Å²) in [5.41, 5.74) is 0. The summed E-state index contributed by atoms with van der Waals surface area (Å²) in [6.07, 6.45) is 13.6. The van der Waals surface area contributed by atoms with E-state index in [1.54, 1.807) is 0 Å². The van der Waals surface area contributed by atoms with Gasteiger partial charge in [-0.1, -0.05) is 71.1 Å². The third kappa shape index (κ3) is 10.2. The highest BCUT2D eigenvalue weighted by Gasteiger charge is 2.07. The zero-order valence-corrected chi connectivity index (χ0v) is 14.6. The highest BCUT2D eigenvalue weighted by molar-refractivity contribution is 5.88. The molecule has 0 aliphatic rings. The van der Waals surface area contributed by atoms with E-state index < -0.39 is 11.9 Å².